The Morgan fingerprint density at radius 3 is 2.59 bits per heavy atom. The molecular weight excluding hydrogens is 452 g/mol. The minimum atomic E-state index is -3.04. The Morgan fingerprint density at radius 1 is 1.22 bits per heavy atom. The van der Waals surface area contributed by atoms with Crippen LogP contribution in [0.15, 0.2) is 30.3 Å². The number of carbonyl (C=O) groups excluding carboxylic acids is 1. The molecule has 0 radical (unpaired) electrons. The first-order valence-electron chi connectivity index (χ1n) is 10.6. The molecule has 0 aliphatic carbocycles. The summed E-state index contributed by atoms with van der Waals surface area (Å²) >= 11 is 6.50. The predicted molar refractivity (Wildman–Crippen MR) is 125 cm³/mol. The van der Waals surface area contributed by atoms with Gasteiger partial charge in [0.05, 0.1) is 36.0 Å². The molecule has 172 valence electrons. The summed E-state index contributed by atoms with van der Waals surface area (Å²) in [5.74, 6) is 0.935. The molecule has 8 nitrogen and oxygen atoms in total. The Hall–Kier alpha value is -2.52. The Balaban J connectivity index is 1.40. The van der Waals surface area contributed by atoms with Crippen LogP contribution in [0.2, 0.25) is 5.15 Å². The largest absolute Gasteiger partial charge is 0.495 e. The molecule has 10 heteroatoms. The van der Waals surface area contributed by atoms with E-state index in [4.69, 9.17) is 16.3 Å². The third-order valence-corrected chi connectivity index (χ3v) is 8.16. The summed E-state index contributed by atoms with van der Waals surface area (Å²) < 4.78 is 30.6. The van der Waals surface area contributed by atoms with E-state index in [1.807, 2.05) is 31.2 Å². The van der Waals surface area contributed by atoms with Gasteiger partial charge in [0.15, 0.2) is 9.84 Å². The molecule has 0 N–H and O–H groups in total. The maximum absolute atomic E-state index is 12.8. The Morgan fingerprint density at radius 2 is 1.94 bits per heavy atom. The fourth-order valence-corrected chi connectivity index (χ4v) is 6.32. The fraction of sp³-hybridized carbons (Fsp3) is 0.455. The van der Waals surface area contributed by atoms with Crippen LogP contribution < -0.4 is 9.64 Å². The zero-order valence-corrected chi connectivity index (χ0v) is 19.8. The van der Waals surface area contributed by atoms with Crippen molar-refractivity contribution in [2.75, 3.05) is 49.7 Å². The second-order valence-corrected chi connectivity index (χ2v) is 10.7. The molecule has 32 heavy (non-hydrogen) atoms. The van der Waals surface area contributed by atoms with Gasteiger partial charge in [-0.2, -0.15) is 5.10 Å². The smallest absolute Gasteiger partial charge is 0.246 e. The molecule has 2 aliphatic heterocycles. The number of para-hydroxylation sites is 2. The van der Waals surface area contributed by atoms with Gasteiger partial charge < -0.3 is 14.5 Å². The molecule has 2 fully saturated rings. The van der Waals surface area contributed by atoms with Crippen LogP contribution in [-0.4, -0.2) is 73.8 Å². The van der Waals surface area contributed by atoms with E-state index in [0.29, 0.717) is 49.0 Å². The Kier molecular flexibility index (Phi) is 6.48. The number of amides is 1. The van der Waals surface area contributed by atoms with Gasteiger partial charge in [0.25, 0.3) is 0 Å². The molecule has 3 heterocycles. The predicted octanol–water partition coefficient (Wildman–Crippen LogP) is 2.58. The first kappa shape index (κ1) is 22.7. The standard InChI is InChI=1S/C22H27ClN4O4S/c1-16-18(22(23)27(24-16)17-9-14-32(29,30)15-17)7-8-21(28)26-12-10-25(11-13-26)19-5-3-4-6-20(19)31-2/h3-8,17H,9-15H2,1-2H3/b8-7+. The van der Waals surface area contributed by atoms with Crippen LogP contribution in [0.3, 0.4) is 0 Å². The van der Waals surface area contributed by atoms with Gasteiger partial charge in [0.2, 0.25) is 5.91 Å². The lowest BCUT2D eigenvalue weighted by Gasteiger charge is -2.36. The number of piperazine rings is 1. The molecule has 1 unspecified atom stereocenters. The first-order valence-corrected chi connectivity index (χ1v) is 12.8. The monoisotopic (exact) mass is 478 g/mol. The lowest BCUT2D eigenvalue weighted by Crippen LogP contribution is -2.48. The van der Waals surface area contributed by atoms with Crippen LogP contribution in [0.25, 0.3) is 6.08 Å². The van der Waals surface area contributed by atoms with Crippen LogP contribution in [0.5, 0.6) is 5.75 Å². The molecule has 1 amide bonds. The van der Waals surface area contributed by atoms with Gasteiger partial charge in [-0.1, -0.05) is 23.7 Å². The van der Waals surface area contributed by atoms with Crippen molar-refractivity contribution in [1.82, 2.24) is 14.7 Å². The molecule has 2 aliphatic rings. The van der Waals surface area contributed by atoms with Crippen LogP contribution in [0.4, 0.5) is 5.69 Å². The summed E-state index contributed by atoms with van der Waals surface area (Å²) in [5, 5.41) is 4.80. The van der Waals surface area contributed by atoms with Gasteiger partial charge in [-0.3, -0.25) is 4.79 Å². The molecule has 4 rings (SSSR count). The number of ether oxygens (including phenoxy) is 1. The van der Waals surface area contributed by atoms with E-state index in [-0.39, 0.29) is 23.5 Å². The number of anilines is 1. The lowest BCUT2D eigenvalue weighted by molar-refractivity contribution is -0.126. The summed E-state index contributed by atoms with van der Waals surface area (Å²) in [4.78, 5) is 16.8. The quantitative estimate of drug-likeness (QED) is 0.614. The summed E-state index contributed by atoms with van der Waals surface area (Å²) in [7, 11) is -1.39. The van der Waals surface area contributed by atoms with Crippen molar-refractivity contribution in [3.05, 3.63) is 46.8 Å². The third kappa shape index (κ3) is 4.63. The highest BCUT2D eigenvalue weighted by Gasteiger charge is 2.32. The van der Waals surface area contributed by atoms with E-state index >= 15 is 0 Å². The highest BCUT2D eigenvalue weighted by molar-refractivity contribution is 7.91. The van der Waals surface area contributed by atoms with E-state index in [0.717, 1.165) is 11.4 Å². The minimum Gasteiger partial charge on any atom is -0.495 e. The summed E-state index contributed by atoms with van der Waals surface area (Å²) in [5.41, 5.74) is 2.35. The topological polar surface area (TPSA) is 84.7 Å². The first-order chi connectivity index (χ1) is 15.3. The second kappa shape index (κ2) is 9.15. The van der Waals surface area contributed by atoms with Gasteiger partial charge in [0, 0.05) is 37.8 Å². The molecular formula is C22H27ClN4O4S. The lowest BCUT2D eigenvalue weighted by atomic mass is 10.2. The number of hydrogen-bond acceptors (Lipinski definition) is 6. The molecule has 2 aromatic rings. The van der Waals surface area contributed by atoms with Gasteiger partial charge in [-0.15, -0.1) is 0 Å². The van der Waals surface area contributed by atoms with E-state index in [1.54, 1.807) is 22.8 Å². The Labute approximate surface area is 193 Å². The molecule has 1 aromatic carbocycles. The number of carbonyl (C=O) groups is 1. The number of halogens is 1. The number of sulfone groups is 1. The van der Waals surface area contributed by atoms with Crippen molar-refractivity contribution in [1.29, 1.82) is 0 Å². The van der Waals surface area contributed by atoms with Gasteiger partial charge >= 0.3 is 0 Å². The molecule has 1 atom stereocenters. The number of aryl methyl sites for hydroxylation is 1. The average molecular weight is 479 g/mol. The van der Waals surface area contributed by atoms with Gasteiger partial charge in [-0.25, -0.2) is 13.1 Å². The normalized spacial score (nSPS) is 20.8. The highest BCUT2D eigenvalue weighted by atomic mass is 35.5. The van der Waals surface area contributed by atoms with Crippen molar-refractivity contribution in [3.8, 4) is 5.75 Å². The second-order valence-electron chi connectivity index (χ2n) is 8.11. The van der Waals surface area contributed by atoms with Crippen molar-refractivity contribution < 1.29 is 17.9 Å². The third-order valence-electron chi connectivity index (χ3n) is 6.03. The van der Waals surface area contributed by atoms with Crippen LogP contribution in [0, 0.1) is 6.92 Å². The number of nitrogens with zero attached hydrogens (tertiary/aromatic N) is 4. The molecule has 2 saturated heterocycles. The van der Waals surface area contributed by atoms with Crippen molar-refractivity contribution in [3.63, 3.8) is 0 Å². The van der Waals surface area contributed by atoms with E-state index in [9.17, 15) is 13.2 Å². The van der Waals surface area contributed by atoms with Crippen molar-refractivity contribution >= 4 is 39.1 Å². The SMILES string of the molecule is COc1ccccc1N1CCN(C(=O)/C=C/c2c(C)nn(C3CCS(=O)(=O)C3)c2Cl)CC1. The maximum atomic E-state index is 12.8. The summed E-state index contributed by atoms with van der Waals surface area (Å²) in [6, 6.07) is 7.61. The summed E-state index contributed by atoms with van der Waals surface area (Å²) in [6.07, 6.45) is 3.70. The van der Waals surface area contributed by atoms with Crippen LogP contribution in [0.1, 0.15) is 23.7 Å². The molecule has 1 aromatic heterocycles. The zero-order valence-electron chi connectivity index (χ0n) is 18.2. The van der Waals surface area contributed by atoms with E-state index in [1.165, 1.54) is 6.08 Å². The maximum Gasteiger partial charge on any atom is 0.246 e. The van der Waals surface area contributed by atoms with Gasteiger partial charge in [0.1, 0.15) is 10.9 Å². The number of rotatable bonds is 5. The van der Waals surface area contributed by atoms with E-state index < -0.39 is 9.84 Å². The summed E-state index contributed by atoms with van der Waals surface area (Å²) in [6.45, 7) is 4.45. The number of hydrogen-bond donors (Lipinski definition) is 0. The number of methoxy groups -OCH3 is 1. The van der Waals surface area contributed by atoms with Gasteiger partial charge in [-0.05, 0) is 31.6 Å². The Bertz CT molecular complexity index is 1140. The molecule has 0 saturated carbocycles. The van der Waals surface area contributed by atoms with E-state index in [2.05, 4.69) is 10.00 Å². The zero-order chi connectivity index (χ0) is 22.9. The highest BCUT2D eigenvalue weighted by Crippen LogP contribution is 2.31. The van der Waals surface area contributed by atoms with Crippen molar-refractivity contribution in [2.45, 2.75) is 19.4 Å². The van der Waals surface area contributed by atoms with Crippen LogP contribution >= 0.6 is 11.6 Å². The van der Waals surface area contributed by atoms with Crippen molar-refractivity contribution in [2.24, 2.45) is 0 Å². The number of aromatic nitrogens is 2. The average Bonchev–Trinajstić information content (AvgIpc) is 3.29. The fourth-order valence-electron chi connectivity index (χ4n) is 4.25. The molecule has 0 bridgehead atoms. The van der Waals surface area contributed by atoms with Crippen LogP contribution in [-0.2, 0) is 14.6 Å². The number of benzene rings is 1. The molecule has 0 spiro atoms. The minimum absolute atomic E-state index is 0.0480.